The van der Waals surface area contributed by atoms with Crippen LogP contribution in [0.15, 0.2) is 12.1 Å². The summed E-state index contributed by atoms with van der Waals surface area (Å²) in [7, 11) is -0.781. The number of aromatic nitrogens is 1. The third-order valence-electron chi connectivity index (χ3n) is 5.17. The first-order valence-electron chi connectivity index (χ1n) is 8.35. The summed E-state index contributed by atoms with van der Waals surface area (Å²) in [5, 5.41) is 0. The van der Waals surface area contributed by atoms with Crippen molar-refractivity contribution in [2.75, 3.05) is 6.61 Å². The highest BCUT2D eigenvalue weighted by Crippen LogP contribution is 2.47. The zero-order valence-corrected chi connectivity index (χ0v) is 14.8. The van der Waals surface area contributed by atoms with Crippen LogP contribution in [0.1, 0.15) is 52.7 Å². The number of esters is 1. The lowest BCUT2D eigenvalue weighted by Crippen LogP contribution is -2.41. The van der Waals surface area contributed by atoms with Crippen molar-refractivity contribution in [1.82, 2.24) is 4.98 Å². The second-order valence-electron chi connectivity index (χ2n) is 7.41. The Kier molecular flexibility index (Phi) is 4.20. The SMILES string of the molecule is CCOC(=O)[C@@H]1CC1c1ccc(B2OC(C)(C)C(C)(C)O2)c(F)n1. The Labute approximate surface area is 142 Å². The van der Waals surface area contributed by atoms with Crippen LogP contribution in [0.2, 0.25) is 0 Å². The Bertz CT molecular complexity index is 648. The monoisotopic (exact) mass is 335 g/mol. The van der Waals surface area contributed by atoms with Crippen LogP contribution in [-0.2, 0) is 18.8 Å². The van der Waals surface area contributed by atoms with Gasteiger partial charge in [-0.25, -0.2) is 4.98 Å². The topological polar surface area (TPSA) is 57.7 Å². The van der Waals surface area contributed by atoms with Gasteiger partial charge in [0.25, 0.3) is 0 Å². The third-order valence-corrected chi connectivity index (χ3v) is 5.17. The van der Waals surface area contributed by atoms with Gasteiger partial charge in [-0.15, -0.1) is 0 Å². The van der Waals surface area contributed by atoms with Crippen molar-refractivity contribution in [3.8, 4) is 0 Å². The van der Waals surface area contributed by atoms with E-state index in [1.54, 1.807) is 19.1 Å². The van der Waals surface area contributed by atoms with Gasteiger partial charge < -0.3 is 14.0 Å². The van der Waals surface area contributed by atoms with Gasteiger partial charge in [-0.05, 0) is 47.1 Å². The minimum Gasteiger partial charge on any atom is -0.466 e. The van der Waals surface area contributed by atoms with Gasteiger partial charge in [-0.1, -0.05) is 6.07 Å². The summed E-state index contributed by atoms with van der Waals surface area (Å²) in [6, 6.07) is 3.38. The maximum atomic E-state index is 14.5. The van der Waals surface area contributed by atoms with E-state index in [0.29, 0.717) is 18.7 Å². The van der Waals surface area contributed by atoms with Crippen LogP contribution in [0.5, 0.6) is 0 Å². The Hall–Kier alpha value is -1.47. The molecule has 130 valence electrons. The molecular formula is C17H23BFNO4. The molecular weight excluding hydrogens is 312 g/mol. The van der Waals surface area contributed by atoms with E-state index < -0.39 is 24.3 Å². The van der Waals surface area contributed by atoms with Gasteiger partial charge in [0.15, 0.2) is 0 Å². The fourth-order valence-corrected chi connectivity index (χ4v) is 2.84. The number of halogens is 1. The van der Waals surface area contributed by atoms with E-state index in [9.17, 15) is 9.18 Å². The number of carbonyl (C=O) groups is 1. The lowest BCUT2D eigenvalue weighted by Gasteiger charge is -2.32. The fraction of sp³-hybridized carbons (Fsp3) is 0.647. The molecule has 2 heterocycles. The Balaban J connectivity index is 1.74. The van der Waals surface area contributed by atoms with Crippen LogP contribution in [0.25, 0.3) is 0 Å². The van der Waals surface area contributed by atoms with Gasteiger partial charge in [-0.3, -0.25) is 4.79 Å². The number of carbonyl (C=O) groups excluding carboxylic acids is 1. The van der Waals surface area contributed by atoms with Crippen LogP contribution in [0.4, 0.5) is 4.39 Å². The van der Waals surface area contributed by atoms with Crippen molar-refractivity contribution >= 4 is 18.6 Å². The smallest absolute Gasteiger partial charge is 0.466 e. The van der Waals surface area contributed by atoms with E-state index in [1.807, 2.05) is 27.7 Å². The van der Waals surface area contributed by atoms with E-state index >= 15 is 0 Å². The second-order valence-corrected chi connectivity index (χ2v) is 7.41. The summed E-state index contributed by atoms with van der Waals surface area (Å²) < 4.78 is 31.2. The van der Waals surface area contributed by atoms with Crippen molar-refractivity contribution in [1.29, 1.82) is 0 Å². The largest absolute Gasteiger partial charge is 0.499 e. The predicted molar refractivity (Wildman–Crippen MR) is 87.4 cm³/mol. The first kappa shape index (κ1) is 17.4. The number of pyridine rings is 1. The summed E-state index contributed by atoms with van der Waals surface area (Å²) in [4.78, 5) is 15.7. The van der Waals surface area contributed by atoms with Gasteiger partial charge in [0.05, 0.1) is 23.7 Å². The standard InChI is InChI=1S/C17H23BFNO4/c1-6-22-15(21)11-9-10(11)13-8-7-12(14(19)20-13)18-23-16(2,3)17(4,5)24-18/h7-8,10-11H,6,9H2,1-5H3/t10?,11-/m1/s1. The molecule has 2 fully saturated rings. The average Bonchev–Trinajstić information content (AvgIpc) is 3.22. The lowest BCUT2D eigenvalue weighted by molar-refractivity contribution is -0.144. The van der Waals surface area contributed by atoms with Crippen LogP contribution in [0.3, 0.4) is 0 Å². The van der Waals surface area contributed by atoms with E-state index in [2.05, 4.69) is 4.98 Å². The van der Waals surface area contributed by atoms with Crippen LogP contribution in [0, 0.1) is 11.9 Å². The zero-order valence-electron chi connectivity index (χ0n) is 14.8. The first-order chi connectivity index (χ1) is 11.2. The van der Waals surface area contributed by atoms with Crippen LogP contribution in [-0.4, -0.2) is 35.9 Å². The molecule has 7 heteroatoms. The summed E-state index contributed by atoms with van der Waals surface area (Å²) in [6.45, 7) is 9.79. The van der Waals surface area contributed by atoms with E-state index in [4.69, 9.17) is 14.0 Å². The molecule has 2 aliphatic rings. The van der Waals surface area contributed by atoms with Crippen molar-refractivity contribution < 1.29 is 23.2 Å². The van der Waals surface area contributed by atoms with Gasteiger partial charge in [-0.2, -0.15) is 4.39 Å². The van der Waals surface area contributed by atoms with Gasteiger partial charge >= 0.3 is 13.1 Å². The summed E-state index contributed by atoms with van der Waals surface area (Å²) in [5.41, 5.74) is -0.209. The molecule has 1 aliphatic heterocycles. The van der Waals surface area contributed by atoms with Gasteiger partial charge in [0.1, 0.15) is 0 Å². The molecule has 2 atom stereocenters. The molecule has 5 nitrogen and oxygen atoms in total. The third kappa shape index (κ3) is 2.95. The van der Waals surface area contributed by atoms with Gasteiger partial charge in [0, 0.05) is 17.1 Å². The van der Waals surface area contributed by atoms with E-state index in [1.165, 1.54) is 0 Å². The Morgan fingerprint density at radius 1 is 1.33 bits per heavy atom. The number of hydrogen-bond acceptors (Lipinski definition) is 5. The minimum atomic E-state index is -0.781. The Morgan fingerprint density at radius 3 is 2.50 bits per heavy atom. The van der Waals surface area contributed by atoms with Crippen molar-refractivity contribution in [3.05, 3.63) is 23.8 Å². The minimum absolute atomic E-state index is 0.0640. The highest BCUT2D eigenvalue weighted by atomic mass is 19.1. The highest BCUT2D eigenvalue weighted by Gasteiger charge is 2.53. The predicted octanol–water partition coefficient (Wildman–Crippen LogP) is 2.19. The molecule has 0 aromatic carbocycles. The molecule has 1 saturated carbocycles. The zero-order chi connectivity index (χ0) is 17.7. The highest BCUT2D eigenvalue weighted by molar-refractivity contribution is 6.62. The molecule has 1 aromatic rings. The molecule has 1 aromatic heterocycles. The van der Waals surface area contributed by atoms with Crippen LogP contribution >= 0.6 is 0 Å². The van der Waals surface area contributed by atoms with E-state index in [0.717, 1.165) is 0 Å². The molecule has 0 amide bonds. The normalized spacial score (nSPS) is 27.2. The molecule has 1 saturated heterocycles. The van der Waals surface area contributed by atoms with Gasteiger partial charge in [0.2, 0.25) is 5.95 Å². The number of rotatable bonds is 4. The maximum Gasteiger partial charge on any atom is 0.499 e. The summed E-state index contributed by atoms with van der Waals surface area (Å²) in [6.07, 6.45) is 0.654. The Morgan fingerprint density at radius 2 is 1.96 bits per heavy atom. The molecule has 0 N–H and O–H groups in total. The summed E-state index contributed by atoms with van der Waals surface area (Å²) in [5.74, 6) is -1.12. The first-order valence-corrected chi connectivity index (χ1v) is 8.35. The maximum absolute atomic E-state index is 14.5. The second kappa shape index (κ2) is 5.81. The van der Waals surface area contributed by atoms with Crippen LogP contribution < -0.4 is 5.46 Å². The molecule has 1 unspecified atom stereocenters. The molecule has 0 radical (unpaired) electrons. The lowest BCUT2D eigenvalue weighted by atomic mass is 9.80. The van der Waals surface area contributed by atoms with Crippen molar-refractivity contribution in [2.45, 2.75) is 58.2 Å². The average molecular weight is 335 g/mol. The summed E-state index contributed by atoms with van der Waals surface area (Å²) >= 11 is 0. The van der Waals surface area contributed by atoms with Crippen molar-refractivity contribution in [3.63, 3.8) is 0 Å². The fourth-order valence-electron chi connectivity index (χ4n) is 2.84. The molecule has 3 rings (SSSR count). The number of hydrogen-bond donors (Lipinski definition) is 0. The molecule has 0 bridgehead atoms. The molecule has 24 heavy (non-hydrogen) atoms. The van der Waals surface area contributed by atoms with E-state index in [-0.39, 0.29) is 23.3 Å². The quantitative estimate of drug-likeness (QED) is 0.480. The number of nitrogens with zero attached hydrogens (tertiary/aromatic N) is 1. The number of ether oxygens (including phenoxy) is 1. The molecule has 1 aliphatic carbocycles. The van der Waals surface area contributed by atoms with Crippen molar-refractivity contribution in [2.24, 2.45) is 5.92 Å². The molecule has 0 spiro atoms.